The van der Waals surface area contributed by atoms with Crippen molar-refractivity contribution in [1.82, 2.24) is 0 Å². The predicted molar refractivity (Wildman–Crippen MR) is 79.7 cm³/mol. The molecule has 20 heavy (non-hydrogen) atoms. The minimum absolute atomic E-state index is 0.0694. The molecule has 120 valence electrons. The van der Waals surface area contributed by atoms with Crippen LogP contribution in [0.4, 0.5) is 0 Å². The summed E-state index contributed by atoms with van der Waals surface area (Å²) in [7, 11) is -4.46. The first kappa shape index (κ1) is 19.5. The van der Waals surface area contributed by atoms with Crippen molar-refractivity contribution in [1.29, 1.82) is 0 Å². The molecule has 0 saturated carbocycles. The first-order chi connectivity index (χ1) is 9.16. The largest absolute Gasteiger partial charge is 0.307 e. The van der Waals surface area contributed by atoms with Gasteiger partial charge in [-0.3, -0.25) is 9.35 Å². The number of hydrogen-bond donors (Lipinski definition) is 3. The summed E-state index contributed by atoms with van der Waals surface area (Å²) in [5.41, 5.74) is 9.45. The molecule has 0 aromatic carbocycles. The van der Waals surface area contributed by atoms with Crippen LogP contribution in [-0.4, -0.2) is 29.7 Å². The van der Waals surface area contributed by atoms with Gasteiger partial charge in [-0.15, -0.1) is 0 Å². The zero-order valence-electron chi connectivity index (χ0n) is 12.5. The standard InChI is InChI=1S/C13H28N2O4S/c1-3-5-6-7-8-9-10-11(20(17,18)19)12(16)13(14,15)4-2/h11H,3-10,14-15H2,1-2H3,(H,17,18,19). The van der Waals surface area contributed by atoms with Crippen LogP contribution in [0, 0.1) is 0 Å². The minimum Gasteiger partial charge on any atom is -0.307 e. The number of rotatable bonds is 11. The topological polar surface area (TPSA) is 123 Å². The molecular formula is C13H28N2O4S. The average molecular weight is 308 g/mol. The van der Waals surface area contributed by atoms with Crippen molar-refractivity contribution < 1.29 is 17.8 Å². The van der Waals surface area contributed by atoms with E-state index in [0.717, 1.165) is 32.1 Å². The lowest BCUT2D eigenvalue weighted by molar-refractivity contribution is -0.124. The summed E-state index contributed by atoms with van der Waals surface area (Å²) in [6.07, 6.45) is 5.93. The lowest BCUT2D eigenvalue weighted by Crippen LogP contribution is -2.60. The van der Waals surface area contributed by atoms with Gasteiger partial charge >= 0.3 is 0 Å². The average Bonchev–Trinajstić information content (AvgIpc) is 2.35. The van der Waals surface area contributed by atoms with E-state index in [9.17, 15) is 17.8 Å². The Hall–Kier alpha value is -0.500. The van der Waals surface area contributed by atoms with Gasteiger partial charge in [0.05, 0.1) is 0 Å². The predicted octanol–water partition coefficient (Wildman–Crippen LogP) is 1.59. The Morgan fingerprint density at radius 3 is 2.05 bits per heavy atom. The first-order valence-electron chi connectivity index (χ1n) is 7.25. The molecule has 0 rings (SSSR count). The smallest absolute Gasteiger partial charge is 0.275 e. The highest BCUT2D eigenvalue weighted by Crippen LogP contribution is 2.17. The van der Waals surface area contributed by atoms with Crippen LogP contribution in [0.1, 0.15) is 65.2 Å². The number of hydrogen-bond acceptors (Lipinski definition) is 5. The van der Waals surface area contributed by atoms with Gasteiger partial charge in [0.2, 0.25) is 0 Å². The van der Waals surface area contributed by atoms with E-state index in [2.05, 4.69) is 6.92 Å². The van der Waals surface area contributed by atoms with Gasteiger partial charge in [0.15, 0.2) is 5.78 Å². The third kappa shape index (κ3) is 6.78. The Morgan fingerprint density at radius 2 is 1.60 bits per heavy atom. The van der Waals surface area contributed by atoms with Crippen LogP contribution in [0.3, 0.4) is 0 Å². The molecule has 0 aromatic heterocycles. The molecule has 1 atom stereocenters. The van der Waals surface area contributed by atoms with Crippen LogP contribution in [0.5, 0.6) is 0 Å². The third-order valence-corrected chi connectivity index (χ3v) is 4.68. The normalized spacial score (nSPS) is 14.2. The van der Waals surface area contributed by atoms with Crippen LogP contribution in [0.2, 0.25) is 0 Å². The number of carbonyl (C=O) groups excluding carboxylic acids is 1. The molecule has 0 bridgehead atoms. The second-order valence-corrected chi connectivity index (χ2v) is 6.92. The van der Waals surface area contributed by atoms with E-state index in [1.54, 1.807) is 6.92 Å². The van der Waals surface area contributed by atoms with Crippen LogP contribution in [0.15, 0.2) is 0 Å². The van der Waals surface area contributed by atoms with Crippen molar-refractivity contribution >= 4 is 15.9 Å². The second-order valence-electron chi connectivity index (χ2n) is 5.32. The van der Waals surface area contributed by atoms with E-state index in [-0.39, 0.29) is 12.8 Å². The highest BCUT2D eigenvalue weighted by atomic mass is 32.2. The molecule has 0 fully saturated rings. The summed E-state index contributed by atoms with van der Waals surface area (Å²) in [4.78, 5) is 12.0. The Balaban J connectivity index is 4.51. The van der Waals surface area contributed by atoms with Gasteiger partial charge in [0.25, 0.3) is 10.1 Å². The van der Waals surface area contributed by atoms with E-state index in [0.29, 0.717) is 6.42 Å². The summed E-state index contributed by atoms with van der Waals surface area (Å²) < 4.78 is 31.8. The van der Waals surface area contributed by atoms with Crippen molar-refractivity contribution in [2.24, 2.45) is 11.5 Å². The molecule has 0 radical (unpaired) electrons. The highest BCUT2D eigenvalue weighted by molar-refractivity contribution is 7.87. The maximum Gasteiger partial charge on any atom is 0.275 e. The molecule has 0 heterocycles. The molecule has 0 saturated heterocycles. The number of Topliss-reactive ketones (excluding diaryl/α,β-unsaturated/α-hetero) is 1. The van der Waals surface area contributed by atoms with Crippen LogP contribution >= 0.6 is 0 Å². The molecule has 0 aliphatic heterocycles. The number of ketones is 1. The van der Waals surface area contributed by atoms with Gasteiger partial charge in [0, 0.05) is 0 Å². The highest BCUT2D eigenvalue weighted by Gasteiger charge is 2.39. The molecule has 1 unspecified atom stereocenters. The molecular weight excluding hydrogens is 280 g/mol. The van der Waals surface area contributed by atoms with Crippen LogP contribution in [-0.2, 0) is 14.9 Å². The Labute approximate surface area is 122 Å². The lowest BCUT2D eigenvalue weighted by Gasteiger charge is -2.25. The maximum atomic E-state index is 12.0. The van der Waals surface area contributed by atoms with Gasteiger partial charge in [-0.2, -0.15) is 8.42 Å². The molecule has 0 amide bonds. The number of nitrogens with two attached hydrogens (primary N) is 2. The van der Waals surface area contributed by atoms with E-state index in [4.69, 9.17) is 11.5 Å². The number of unbranched alkanes of at least 4 members (excludes halogenated alkanes) is 5. The van der Waals surface area contributed by atoms with E-state index >= 15 is 0 Å². The SMILES string of the molecule is CCCCCCCCC(C(=O)C(N)(N)CC)S(=O)(=O)O. The van der Waals surface area contributed by atoms with Crippen molar-refractivity contribution in [3.05, 3.63) is 0 Å². The second kappa shape index (κ2) is 8.71. The summed E-state index contributed by atoms with van der Waals surface area (Å²) in [5.74, 6) is -0.809. The fourth-order valence-electron chi connectivity index (χ4n) is 2.00. The van der Waals surface area contributed by atoms with Crippen molar-refractivity contribution in [3.8, 4) is 0 Å². The molecule has 0 aliphatic carbocycles. The quantitative estimate of drug-likeness (QED) is 0.302. The van der Waals surface area contributed by atoms with Gasteiger partial charge < -0.3 is 11.5 Å². The van der Waals surface area contributed by atoms with Crippen molar-refractivity contribution in [2.45, 2.75) is 76.1 Å². The maximum absolute atomic E-state index is 12.0. The Kier molecular flexibility index (Phi) is 8.50. The fraction of sp³-hybridized carbons (Fsp3) is 0.923. The summed E-state index contributed by atoms with van der Waals surface area (Å²) in [6.45, 7) is 3.71. The van der Waals surface area contributed by atoms with E-state index < -0.39 is 26.8 Å². The van der Waals surface area contributed by atoms with Gasteiger partial charge in [0.1, 0.15) is 10.9 Å². The van der Waals surface area contributed by atoms with Crippen LogP contribution < -0.4 is 11.5 Å². The van der Waals surface area contributed by atoms with Crippen molar-refractivity contribution in [3.63, 3.8) is 0 Å². The fourth-order valence-corrected chi connectivity index (χ4v) is 2.95. The Bertz CT molecular complexity index is 393. The monoisotopic (exact) mass is 308 g/mol. The lowest BCUT2D eigenvalue weighted by atomic mass is 9.97. The molecule has 7 heteroatoms. The zero-order chi connectivity index (χ0) is 15.8. The minimum atomic E-state index is -4.46. The van der Waals surface area contributed by atoms with E-state index in [1.807, 2.05) is 0 Å². The molecule has 6 nitrogen and oxygen atoms in total. The van der Waals surface area contributed by atoms with Crippen LogP contribution in [0.25, 0.3) is 0 Å². The molecule has 0 aromatic rings. The summed E-state index contributed by atoms with van der Waals surface area (Å²) in [6, 6.07) is 0. The van der Waals surface area contributed by atoms with Gasteiger partial charge in [-0.1, -0.05) is 52.4 Å². The molecule has 5 N–H and O–H groups in total. The third-order valence-electron chi connectivity index (χ3n) is 3.52. The van der Waals surface area contributed by atoms with E-state index in [1.165, 1.54) is 0 Å². The summed E-state index contributed by atoms with van der Waals surface area (Å²) >= 11 is 0. The summed E-state index contributed by atoms with van der Waals surface area (Å²) in [5, 5.41) is -1.51. The number of carbonyl (C=O) groups is 1. The van der Waals surface area contributed by atoms with Crippen molar-refractivity contribution in [2.75, 3.05) is 0 Å². The van der Waals surface area contributed by atoms with Gasteiger partial charge in [-0.05, 0) is 12.8 Å². The zero-order valence-corrected chi connectivity index (χ0v) is 13.3. The van der Waals surface area contributed by atoms with Gasteiger partial charge in [-0.25, -0.2) is 0 Å². The molecule has 0 aliphatic rings. The molecule has 0 spiro atoms. The first-order valence-corrected chi connectivity index (χ1v) is 8.75. The Morgan fingerprint density at radius 1 is 1.10 bits per heavy atom.